The second kappa shape index (κ2) is 6.62. The first-order valence-electron chi connectivity index (χ1n) is 8.25. The molecule has 1 saturated carbocycles. The zero-order valence-electron chi connectivity index (χ0n) is 13.2. The summed E-state index contributed by atoms with van der Waals surface area (Å²) in [7, 11) is 1.73. The summed E-state index contributed by atoms with van der Waals surface area (Å²) in [5.41, 5.74) is 9.31. The molecule has 2 nitrogen and oxygen atoms in total. The van der Waals surface area contributed by atoms with Gasteiger partial charge in [0.25, 0.3) is 0 Å². The second-order valence-corrected chi connectivity index (χ2v) is 8.24. The number of thioether (sulfide) groups is 1. The zero-order chi connectivity index (χ0) is 14.8. The summed E-state index contributed by atoms with van der Waals surface area (Å²) >= 11 is 2.16. The standard InChI is InChI=1S/C18H27NOS/c1-12-4-3-5-15(10-12)21-17-9-7-13-6-8-14(20-2)11-16(13)18(17)19/h6,8,11-12,15,17-18H,3-5,7,9-10,19H2,1-2H3. The monoisotopic (exact) mass is 305 g/mol. The van der Waals surface area contributed by atoms with Crippen molar-refractivity contribution in [2.24, 2.45) is 11.7 Å². The van der Waals surface area contributed by atoms with E-state index in [0.29, 0.717) is 5.25 Å². The maximum absolute atomic E-state index is 6.59. The Kier molecular flexibility index (Phi) is 4.80. The van der Waals surface area contributed by atoms with Gasteiger partial charge in [0.05, 0.1) is 7.11 Å². The van der Waals surface area contributed by atoms with Crippen LogP contribution in [0, 0.1) is 5.92 Å². The molecule has 4 unspecified atom stereocenters. The fourth-order valence-corrected chi connectivity index (χ4v) is 5.62. The van der Waals surface area contributed by atoms with Crippen molar-refractivity contribution in [2.45, 2.75) is 62.0 Å². The SMILES string of the molecule is COc1ccc2c(c1)C(N)C(SC1CCCC(C)C1)CC2. The van der Waals surface area contributed by atoms with Crippen molar-refractivity contribution >= 4 is 11.8 Å². The van der Waals surface area contributed by atoms with E-state index in [-0.39, 0.29) is 6.04 Å². The van der Waals surface area contributed by atoms with Crippen molar-refractivity contribution in [2.75, 3.05) is 7.11 Å². The molecule has 0 heterocycles. The van der Waals surface area contributed by atoms with Gasteiger partial charge in [-0.2, -0.15) is 11.8 Å². The molecule has 2 aliphatic rings. The molecule has 1 aromatic carbocycles. The van der Waals surface area contributed by atoms with Crippen LogP contribution in [0.25, 0.3) is 0 Å². The van der Waals surface area contributed by atoms with Crippen molar-refractivity contribution in [1.29, 1.82) is 0 Å². The van der Waals surface area contributed by atoms with Gasteiger partial charge in [-0.15, -0.1) is 0 Å². The summed E-state index contributed by atoms with van der Waals surface area (Å²) in [5.74, 6) is 1.82. The number of benzene rings is 1. The lowest BCUT2D eigenvalue weighted by Gasteiger charge is -2.35. The summed E-state index contributed by atoms with van der Waals surface area (Å²) in [5, 5.41) is 1.39. The van der Waals surface area contributed by atoms with Gasteiger partial charge in [-0.05, 0) is 54.9 Å². The van der Waals surface area contributed by atoms with Crippen LogP contribution in [0.3, 0.4) is 0 Å². The van der Waals surface area contributed by atoms with Gasteiger partial charge in [0, 0.05) is 16.5 Å². The summed E-state index contributed by atoms with van der Waals surface area (Å²) in [4.78, 5) is 0. The van der Waals surface area contributed by atoms with Crippen molar-refractivity contribution in [3.63, 3.8) is 0 Å². The van der Waals surface area contributed by atoms with Gasteiger partial charge in [-0.25, -0.2) is 0 Å². The molecule has 0 bridgehead atoms. The number of hydrogen-bond donors (Lipinski definition) is 1. The predicted octanol–water partition coefficient (Wildman–Crippen LogP) is 4.32. The van der Waals surface area contributed by atoms with Crippen LogP contribution < -0.4 is 10.5 Å². The summed E-state index contributed by atoms with van der Waals surface area (Å²) < 4.78 is 5.37. The summed E-state index contributed by atoms with van der Waals surface area (Å²) in [6.45, 7) is 2.40. The first-order chi connectivity index (χ1) is 10.2. The van der Waals surface area contributed by atoms with E-state index >= 15 is 0 Å². The summed E-state index contributed by atoms with van der Waals surface area (Å²) in [6.07, 6.45) is 7.93. The number of methoxy groups -OCH3 is 1. The van der Waals surface area contributed by atoms with Crippen LogP contribution in [-0.4, -0.2) is 17.6 Å². The van der Waals surface area contributed by atoms with Crippen molar-refractivity contribution < 1.29 is 4.74 Å². The Balaban J connectivity index is 1.70. The number of aryl methyl sites for hydroxylation is 1. The minimum absolute atomic E-state index is 0.158. The number of fused-ring (bicyclic) bond motifs is 1. The lowest BCUT2D eigenvalue weighted by Crippen LogP contribution is -2.32. The first kappa shape index (κ1) is 15.2. The molecule has 2 N–H and O–H groups in total. The van der Waals surface area contributed by atoms with E-state index in [1.165, 1.54) is 43.2 Å². The third-order valence-corrected chi connectivity index (χ3v) is 6.76. The maximum Gasteiger partial charge on any atom is 0.119 e. The Morgan fingerprint density at radius 1 is 1.24 bits per heavy atom. The minimum atomic E-state index is 0.158. The molecule has 0 radical (unpaired) electrons. The molecule has 21 heavy (non-hydrogen) atoms. The highest BCUT2D eigenvalue weighted by Gasteiger charge is 2.31. The molecule has 0 spiro atoms. The highest BCUT2D eigenvalue weighted by Crippen LogP contribution is 2.42. The Bertz CT molecular complexity index is 490. The minimum Gasteiger partial charge on any atom is -0.497 e. The molecule has 0 aliphatic heterocycles. The van der Waals surface area contributed by atoms with Crippen LogP contribution in [0.15, 0.2) is 18.2 Å². The lowest BCUT2D eigenvalue weighted by atomic mass is 9.87. The molecular formula is C18H27NOS. The highest BCUT2D eigenvalue weighted by molar-refractivity contribution is 8.00. The smallest absolute Gasteiger partial charge is 0.119 e. The van der Waals surface area contributed by atoms with E-state index in [2.05, 4.69) is 36.9 Å². The molecule has 2 aliphatic carbocycles. The van der Waals surface area contributed by atoms with Crippen LogP contribution in [0.2, 0.25) is 0 Å². The van der Waals surface area contributed by atoms with Gasteiger partial charge in [-0.3, -0.25) is 0 Å². The Morgan fingerprint density at radius 2 is 2.10 bits per heavy atom. The van der Waals surface area contributed by atoms with E-state index in [9.17, 15) is 0 Å². The average Bonchev–Trinajstić information content (AvgIpc) is 2.50. The van der Waals surface area contributed by atoms with Crippen LogP contribution in [0.4, 0.5) is 0 Å². The van der Waals surface area contributed by atoms with Gasteiger partial charge in [0.2, 0.25) is 0 Å². The van der Waals surface area contributed by atoms with Gasteiger partial charge in [0.1, 0.15) is 5.75 Å². The van der Waals surface area contributed by atoms with E-state index in [1.54, 1.807) is 7.11 Å². The molecule has 3 rings (SSSR count). The molecule has 1 aromatic rings. The Labute approximate surface area is 132 Å². The first-order valence-corrected chi connectivity index (χ1v) is 9.19. The Hall–Kier alpha value is -0.670. The van der Waals surface area contributed by atoms with Crippen molar-refractivity contribution in [3.8, 4) is 5.75 Å². The predicted molar refractivity (Wildman–Crippen MR) is 91.0 cm³/mol. The van der Waals surface area contributed by atoms with Gasteiger partial charge < -0.3 is 10.5 Å². The topological polar surface area (TPSA) is 35.2 Å². The van der Waals surface area contributed by atoms with Crippen LogP contribution in [0.5, 0.6) is 5.75 Å². The second-order valence-electron chi connectivity index (χ2n) is 6.70. The molecular weight excluding hydrogens is 278 g/mol. The van der Waals surface area contributed by atoms with Crippen LogP contribution in [0.1, 0.15) is 56.2 Å². The molecule has 4 atom stereocenters. The summed E-state index contributed by atoms with van der Waals surface area (Å²) in [6, 6.07) is 6.56. The van der Waals surface area contributed by atoms with E-state index in [0.717, 1.165) is 23.3 Å². The van der Waals surface area contributed by atoms with Crippen LogP contribution in [-0.2, 0) is 6.42 Å². The molecule has 1 fully saturated rings. The number of ether oxygens (including phenoxy) is 1. The normalized spacial score (nSPS) is 32.5. The van der Waals surface area contributed by atoms with E-state index in [4.69, 9.17) is 10.5 Å². The fraction of sp³-hybridized carbons (Fsp3) is 0.667. The quantitative estimate of drug-likeness (QED) is 0.903. The van der Waals surface area contributed by atoms with Gasteiger partial charge >= 0.3 is 0 Å². The number of hydrogen-bond acceptors (Lipinski definition) is 3. The number of rotatable bonds is 3. The van der Waals surface area contributed by atoms with Gasteiger partial charge in [0.15, 0.2) is 0 Å². The average molecular weight is 305 g/mol. The molecule has 0 amide bonds. The zero-order valence-corrected chi connectivity index (χ0v) is 14.0. The lowest BCUT2D eigenvalue weighted by molar-refractivity contribution is 0.392. The number of nitrogens with two attached hydrogens (primary N) is 1. The fourth-order valence-electron chi connectivity index (χ4n) is 3.82. The molecule has 0 saturated heterocycles. The van der Waals surface area contributed by atoms with Crippen molar-refractivity contribution in [1.82, 2.24) is 0 Å². The Morgan fingerprint density at radius 3 is 2.86 bits per heavy atom. The third kappa shape index (κ3) is 3.40. The molecule has 0 aromatic heterocycles. The third-order valence-electron chi connectivity index (χ3n) is 5.07. The van der Waals surface area contributed by atoms with E-state index in [1.807, 2.05) is 0 Å². The van der Waals surface area contributed by atoms with Crippen molar-refractivity contribution in [3.05, 3.63) is 29.3 Å². The molecule has 3 heteroatoms. The van der Waals surface area contributed by atoms with Gasteiger partial charge in [-0.1, -0.05) is 25.8 Å². The van der Waals surface area contributed by atoms with E-state index < -0.39 is 0 Å². The van der Waals surface area contributed by atoms with Crippen LogP contribution >= 0.6 is 11.8 Å². The largest absolute Gasteiger partial charge is 0.497 e. The highest BCUT2D eigenvalue weighted by atomic mass is 32.2. The molecule has 116 valence electrons. The maximum atomic E-state index is 6.59.